The molecule has 0 spiro atoms. The molecule has 8 aromatic rings. The van der Waals surface area contributed by atoms with E-state index in [-0.39, 0.29) is 44.7 Å². The van der Waals surface area contributed by atoms with E-state index in [1.54, 1.807) is 0 Å². The maximum atomic E-state index is 11.1. The molecule has 0 aliphatic rings. The van der Waals surface area contributed by atoms with Crippen molar-refractivity contribution in [3.63, 3.8) is 0 Å². The molecule has 60 heavy (non-hydrogen) atoms. The summed E-state index contributed by atoms with van der Waals surface area (Å²) >= 11 is 0. The van der Waals surface area contributed by atoms with Crippen molar-refractivity contribution in [3.8, 4) is 67.5 Å². The van der Waals surface area contributed by atoms with Crippen molar-refractivity contribution in [2.75, 3.05) is 0 Å². The van der Waals surface area contributed by atoms with Gasteiger partial charge in [-0.25, -0.2) is 0 Å². The van der Waals surface area contributed by atoms with E-state index >= 15 is 0 Å². The molecule has 0 saturated heterocycles. The van der Waals surface area contributed by atoms with Gasteiger partial charge in [0.2, 0.25) is 0 Å². The van der Waals surface area contributed by atoms with Crippen molar-refractivity contribution in [3.05, 3.63) is 131 Å². The summed E-state index contributed by atoms with van der Waals surface area (Å²) in [6.07, 6.45) is 0. The van der Waals surface area contributed by atoms with E-state index in [0.29, 0.717) is 0 Å². The van der Waals surface area contributed by atoms with Crippen molar-refractivity contribution in [1.82, 2.24) is 0 Å². The van der Waals surface area contributed by atoms with Gasteiger partial charge < -0.3 is 20.4 Å². The largest absolute Gasteiger partial charge is 0.508 e. The standard InChI is InChI=1S/C56H58O4/c1-53(2,3)43-25-31(13-21-47(43)57)39-29-40(32-14-22-48(58)44(26-32)54(4,5)6)36-19-20-38-42(34-16-24-50(60)46(28-34)56(10,11)12)30-41(37-18-17-35(39)51(36)52(37)38)33-15-23-49(59)45(27-33)55(7,8)9/h13-30,57-60H,1-12H3. The van der Waals surface area contributed by atoms with Crippen LogP contribution in [0, 0.1) is 0 Å². The van der Waals surface area contributed by atoms with Crippen LogP contribution in [-0.2, 0) is 21.7 Å². The van der Waals surface area contributed by atoms with Gasteiger partial charge in [0.25, 0.3) is 0 Å². The fourth-order valence-electron chi connectivity index (χ4n) is 9.17. The number of benzene rings is 8. The molecule has 0 saturated carbocycles. The summed E-state index contributed by atoms with van der Waals surface area (Å²) in [6.45, 7) is 25.5. The Morgan fingerprint density at radius 3 is 0.650 bits per heavy atom. The summed E-state index contributed by atoms with van der Waals surface area (Å²) in [6, 6.07) is 37.4. The van der Waals surface area contributed by atoms with E-state index in [4.69, 9.17) is 0 Å². The van der Waals surface area contributed by atoms with E-state index in [9.17, 15) is 20.4 Å². The molecule has 0 unspecified atom stereocenters. The zero-order chi connectivity index (χ0) is 43.4. The second kappa shape index (κ2) is 13.8. The quantitative estimate of drug-likeness (QED) is 0.134. The molecule has 0 aromatic heterocycles. The van der Waals surface area contributed by atoms with Crippen LogP contribution >= 0.6 is 0 Å². The molecule has 4 heteroatoms. The maximum Gasteiger partial charge on any atom is 0.119 e. The molecule has 0 heterocycles. The third-order valence-electron chi connectivity index (χ3n) is 12.4. The first kappa shape index (κ1) is 40.8. The van der Waals surface area contributed by atoms with Crippen molar-refractivity contribution in [2.24, 2.45) is 0 Å². The molecule has 0 amide bonds. The van der Waals surface area contributed by atoms with E-state index in [1.807, 2.05) is 48.5 Å². The lowest BCUT2D eigenvalue weighted by atomic mass is 9.79. The fraction of sp³-hybridized carbons (Fsp3) is 0.286. The topological polar surface area (TPSA) is 80.9 Å². The van der Waals surface area contributed by atoms with Gasteiger partial charge in [0.05, 0.1) is 0 Å². The minimum absolute atomic E-state index is 0.277. The molecule has 0 aliphatic heterocycles. The predicted octanol–water partition coefficient (Wildman–Crippen LogP) is 15.3. The van der Waals surface area contributed by atoms with Crippen LogP contribution < -0.4 is 0 Å². The van der Waals surface area contributed by atoms with Crippen LogP contribution in [0.4, 0.5) is 0 Å². The van der Waals surface area contributed by atoms with Crippen LogP contribution in [0.3, 0.4) is 0 Å². The second-order valence-corrected chi connectivity index (χ2v) is 20.9. The third-order valence-corrected chi connectivity index (χ3v) is 12.4. The van der Waals surface area contributed by atoms with E-state index in [1.165, 1.54) is 0 Å². The minimum Gasteiger partial charge on any atom is -0.508 e. The Bertz CT molecular complexity index is 2590. The summed E-state index contributed by atoms with van der Waals surface area (Å²) in [5.41, 5.74) is 10.6. The van der Waals surface area contributed by atoms with Crippen LogP contribution in [0.1, 0.15) is 105 Å². The Balaban J connectivity index is 1.58. The second-order valence-electron chi connectivity index (χ2n) is 20.9. The maximum absolute atomic E-state index is 11.1. The highest BCUT2D eigenvalue weighted by Gasteiger charge is 2.27. The fourth-order valence-corrected chi connectivity index (χ4v) is 9.17. The van der Waals surface area contributed by atoms with Crippen LogP contribution in [0.15, 0.2) is 109 Å². The molecule has 4 N–H and O–H groups in total. The van der Waals surface area contributed by atoms with Gasteiger partial charge in [0.15, 0.2) is 0 Å². The lowest BCUT2D eigenvalue weighted by Gasteiger charge is -2.25. The summed E-state index contributed by atoms with van der Waals surface area (Å²) in [5, 5.41) is 51.1. The van der Waals surface area contributed by atoms with Crippen LogP contribution in [0.25, 0.3) is 76.8 Å². The van der Waals surface area contributed by atoms with Gasteiger partial charge in [-0.3, -0.25) is 0 Å². The van der Waals surface area contributed by atoms with E-state index in [2.05, 4.69) is 144 Å². The molecule has 0 fully saturated rings. The highest BCUT2D eigenvalue weighted by atomic mass is 16.3. The molecular weight excluding hydrogens is 737 g/mol. The molecule has 306 valence electrons. The van der Waals surface area contributed by atoms with E-state index < -0.39 is 0 Å². The average molecular weight is 795 g/mol. The lowest BCUT2D eigenvalue weighted by Crippen LogP contribution is -2.11. The number of phenols is 4. The highest BCUT2D eigenvalue weighted by Crippen LogP contribution is 2.51. The number of hydrogen-bond donors (Lipinski definition) is 4. The van der Waals surface area contributed by atoms with Crippen molar-refractivity contribution >= 4 is 32.3 Å². The molecule has 8 aromatic carbocycles. The van der Waals surface area contributed by atoms with Crippen LogP contribution in [0.2, 0.25) is 0 Å². The molecule has 0 aliphatic carbocycles. The highest BCUT2D eigenvalue weighted by molar-refractivity contribution is 6.32. The zero-order valence-electron chi connectivity index (χ0n) is 37.2. The SMILES string of the molecule is CC(C)(C)c1cc(-c2cc(-c3ccc(O)c(C(C)(C)C)c3)c3ccc4c(-c5ccc(O)c(C(C)(C)C)c5)cc(-c5ccc(O)c(C(C)(C)C)c5)c5ccc2c3c54)ccc1O. The van der Waals surface area contributed by atoms with Gasteiger partial charge in [0.1, 0.15) is 23.0 Å². The van der Waals surface area contributed by atoms with Gasteiger partial charge >= 0.3 is 0 Å². The first-order valence-electron chi connectivity index (χ1n) is 21.1. The monoisotopic (exact) mass is 794 g/mol. The van der Waals surface area contributed by atoms with Crippen molar-refractivity contribution < 1.29 is 20.4 Å². The Hall–Kier alpha value is -6.00. The Labute approximate surface area is 355 Å². The van der Waals surface area contributed by atoms with Crippen LogP contribution in [0.5, 0.6) is 23.0 Å². The summed E-state index contributed by atoms with van der Waals surface area (Å²) < 4.78 is 0. The van der Waals surface area contributed by atoms with Gasteiger partial charge in [-0.2, -0.15) is 0 Å². The van der Waals surface area contributed by atoms with Crippen molar-refractivity contribution in [1.29, 1.82) is 0 Å². The number of rotatable bonds is 4. The molecular formula is C56H58O4. The third kappa shape index (κ3) is 6.90. The minimum atomic E-state index is -0.291. The number of aromatic hydroxyl groups is 4. The van der Waals surface area contributed by atoms with Gasteiger partial charge in [-0.15, -0.1) is 0 Å². The Morgan fingerprint density at radius 2 is 0.467 bits per heavy atom. The van der Waals surface area contributed by atoms with E-state index in [0.717, 1.165) is 99.1 Å². The molecule has 0 bridgehead atoms. The normalized spacial score (nSPS) is 12.9. The molecule has 0 atom stereocenters. The molecule has 0 radical (unpaired) electrons. The Morgan fingerprint density at radius 1 is 0.267 bits per heavy atom. The smallest absolute Gasteiger partial charge is 0.119 e. The van der Waals surface area contributed by atoms with Gasteiger partial charge in [-0.05, 0) is 181 Å². The average Bonchev–Trinajstić information content (AvgIpc) is 3.15. The summed E-state index contributed by atoms with van der Waals surface area (Å²) in [5.74, 6) is 1.11. The Kier molecular flexibility index (Phi) is 9.36. The van der Waals surface area contributed by atoms with Gasteiger partial charge in [0, 0.05) is 0 Å². The number of hydrogen-bond acceptors (Lipinski definition) is 4. The first-order chi connectivity index (χ1) is 27.9. The van der Waals surface area contributed by atoms with Crippen molar-refractivity contribution in [2.45, 2.75) is 105 Å². The predicted molar refractivity (Wildman–Crippen MR) is 253 cm³/mol. The lowest BCUT2D eigenvalue weighted by molar-refractivity contribution is 0.446. The van der Waals surface area contributed by atoms with Gasteiger partial charge in [-0.1, -0.05) is 132 Å². The summed E-state index contributed by atoms with van der Waals surface area (Å²) in [7, 11) is 0. The zero-order valence-corrected chi connectivity index (χ0v) is 37.2. The number of phenolic OH excluding ortho intramolecular Hbond substituents is 4. The van der Waals surface area contributed by atoms with Crippen LogP contribution in [-0.4, -0.2) is 20.4 Å². The summed E-state index contributed by atoms with van der Waals surface area (Å²) in [4.78, 5) is 0. The first-order valence-corrected chi connectivity index (χ1v) is 21.1. The molecule has 8 rings (SSSR count). The molecule has 4 nitrogen and oxygen atoms in total.